The Morgan fingerprint density at radius 3 is 2.84 bits per heavy atom. The average molecular weight is 273 g/mol. The first-order chi connectivity index (χ1) is 9.18. The molecule has 0 saturated carbocycles. The lowest BCUT2D eigenvalue weighted by molar-refractivity contribution is 0.801. The molecule has 6 nitrogen and oxygen atoms in total. The molecule has 0 unspecified atom stereocenters. The first-order valence-electron chi connectivity index (χ1n) is 5.48. The van der Waals surface area contributed by atoms with Gasteiger partial charge in [-0.3, -0.25) is 5.41 Å². The van der Waals surface area contributed by atoms with Crippen LogP contribution in [-0.4, -0.2) is 25.8 Å². The van der Waals surface area contributed by atoms with Crippen LogP contribution in [0.4, 0.5) is 0 Å². The molecule has 1 aromatic carbocycles. The van der Waals surface area contributed by atoms with Crippen molar-refractivity contribution in [1.29, 1.82) is 5.41 Å². The van der Waals surface area contributed by atoms with Crippen LogP contribution in [0.1, 0.15) is 5.56 Å². The SMILES string of the molecule is N=C(N)c1ccnc(-n2nnc3ccccc32)c1Cl. The number of para-hydroxylation sites is 1. The summed E-state index contributed by atoms with van der Waals surface area (Å²) in [5.74, 6) is 0.293. The highest BCUT2D eigenvalue weighted by Crippen LogP contribution is 2.24. The third-order valence-electron chi connectivity index (χ3n) is 2.71. The molecule has 0 bridgehead atoms. The Morgan fingerprint density at radius 2 is 2.05 bits per heavy atom. The fraction of sp³-hybridized carbons (Fsp3) is 0. The molecule has 2 aromatic heterocycles. The third-order valence-corrected chi connectivity index (χ3v) is 3.09. The number of nitrogens with one attached hydrogen (secondary N) is 1. The monoisotopic (exact) mass is 272 g/mol. The number of nitrogens with zero attached hydrogens (tertiary/aromatic N) is 4. The summed E-state index contributed by atoms with van der Waals surface area (Å²) in [7, 11) is 0. The molecule has 0 aliphatic rings. The second-order valence-corrected chi connectivity index (χ2v) is 4.28. The molecule has 3 N–H and O–H groups in total. The van der Waals surface area contributed by atoms with Crippen molar-refractivity contribution < 1.29 is 0 Å². The van der Waals surface area contributed by atoms with Crippen molar-refractivity contribution in [2.24, 2.45) is 5.73 Å². The van der Waals surface area contributed by atoms with Gasteiger partial charge in [0.2, 0.25) is 0 Å². The van der Waals surface area contributed by atoms with E-state index in [9.17, 15) is 0 Å². The molecule has 19 heavy (non-hydrogen) atoms. The van der Waals surface area contributed by atoms with E-state index < -0.39 is 0 Å². The van der Waals surface area contributed by atoms with E-state index in [0.29, 0.717) is 11.4 Å². The van der Waals surface area contributed by atoms with Gasteiger partial charge in [0.05, 0.1) is 10.5 Å². The fourth-order valence-corrected chi connectivity index (χ4v) is 2.11. The van der Waals surface area contributed by atoms with Gasteiger partial charge in [0.15, 0.2) is 5.82 Å². The molecule has 0 aliphatic carbocycles. The third kappa shape index (κ3) is 1.82. The van der Waals surface area contributed by atoms with E-state index >= 15 is 0 Å². The van der Waals surface area contributed by atoms with Gasteiger partial charge in [-0.05, 0) is 18.2 Å². The van der Waals surface area contributed by atoms with Crippen LogP contribution in [0, 0.1) is 5.41 Å². The predicted octanol–water partition coefficient (Wildman–Crippen LogP) is 1.75. The van der Waals surface area contributed by atoms with Crippen molar-refractivity contribution in [3.05, 3.63) is 47.1 Å². The van der Waals surface area contributed by atoms with E-state index in [0.717, 1.165) is 11.0 Å². The number of benzene rings is 1. The summed E-state index contributed by atoms with van der Waals surface area (Å²) in [5, 5.41) is 15.8. The predicted molar refractivity (Wildman–Crippen MR) is 72.7 cm³/mol. The molecule has 7 heteroatoms. The lowest BCUT2D eigenvalue weighted by atomic mass is 10.2. The molecular weight excluding hydrogens is 264 g/mol. The first kappa shape index (κ1) is 11.6. The van der Waals surface area contributed by atoms with Crippen LogP contribution in [-0.2, 0) is 0 Å². The maximum Gasteiger partial charge on any atom is 0.175 e. The minimum Gasteiger partial charge on any atom is -0.384 e. The Hall–Kier alpha value is -2.47. The number of hydrogen-bond acceptors (Lipinski definition) is 4. The number of aromatic nitrogens is 4. The van der Waals surface area contributed by atoms with Gasteiger partial charge in [-0.1, -0.05) is 28.9 Å². The molecule has 0 fully saturated rings. The quantitative estimate of drug-likeness (QED) is 0.549. The summed E-state index contributed by atoms with van der Waals surface area (Å²) < 4.78 is 1.53. The second-order valence-electron chi connectivity index (χ2n) is 3.90. The average Bonchev–Trinajstić information content (AvgIpc) is 2.82. The zero-order chi connectivity index (χ0) is 13.4. The molecule has 0 spiro atoms. The van der Waals surface area contributed by atoms with Crippen LogP contribution in [0.5, 0.6) is 0 Å². The Bertz CT molecular complexity index is 779. The zero-order valence-electron chi connectivity index (χ0n) is 9.71. The van der Waals surface area contributed by atoms with Crippen molar-refractivity contribution in [3.8, 4) is 5.82 Å². The molecule has 0 saturated heterocycles. The van der Waals surface area contributed by atoms with Gasteiger partial charge in [0.1, 0.15) is 11.4 Å². The van der Waals surface area contributed by atoms with E-state index in [2.05, 4.69) is 15.3 Å². The minimum absolute atomic E-state index is 0.113. The highest BCUT2D eigenvalue weighted by Gasteiger charge is 2.14. The molecule has 3 aromatic rings. The molecule has 0 aliphatic heterocycles. The van der Waals surface area contributed by atoms with Crippen LogP contribution in [0.3, 0.4) is 0 Å². The summed E-state index contributed by atoms with van der Waals surface area (Å²) in [6.45, 7) is 0. The molecule has 0 amide bonds. The molecule has 0 radical (unpaired) electrons. The number of nitrogen functional groups attached to an aromatic ring is 1. The van der Waals surface area contributed by atoms with Gasteiger partial charge in [0.25, 0.3) is 0 Å². The molecule has 94 valence electrons. The van der Waals surface area contributed by atoms with Crippen LogP contribution < -0.4 is 5.73 Å². The van der Waals surface area contributed by atoms with Crippen LogP contribution in [0.2, 0.25) is 5.02 Å². The van der Waals surface area contributed by atoms with Crippen molar-refractivity contribution >= 4 is 28.5 Å². The summed E-state index contributed by atoms with van der Waals surface area (Å²) in [6.07, 6.45) is 1.54. The molecule has 2 heterocycles. The number of amidine groups is 1. The maximum atomic E-state index is 7.48. The van der Waals surface area contributed by atoms with E-state index in [1.165, 1.54) is 10.9 Å². The Kier molecular flexibility index (Phi) is 2.64. The topological polar surface area (TPSA) is 93.5 Å². The van der Waals surface area contributed by atoms with Crippen molar-refractivity contribution in [2.75, 3.05) is 0 Å². The number of fused-ring (bicyclic) bond motifs is 1. The summed E-state index contributed by atoms with van der Waals surface area (Å²) in [6, 6.07) is 9.07. The van der Waals surface area contributed by atoms with Crippen molar-refractivity contribution in [3.63, 3.8) is 0 Å². The van der Waals surface area contributed by atoms with Crippen molar-refractivity contribution in [2.45, 2.75) is 0 Å². The number of pyridine rings is 1. The van der Waals surface area contributed by atoms with Gasteiger partial charge in [-0.2, -0.15) is 4.68 Å². The zero-order valence-corrected chi connectivity index (χ0v) is 10.5. The first-order valence-corrected chi connectivity index (χ1v) is 5.86. The minimum atomic E-state index is -0.113. The van der Waals surface area contributed by atoms with E-state index in [-0.39, 0.29) is 10.9 Å². The van der Waals surface area contributed by atoms with Crippen molar-refractivity contribution in [1.82, 2.24) is 20.0 Å². The smallest absolute Gasteiger partial charge is 0.175 e. The molecule has 3 rings (SSSR count). The van der Waals surface area contributed by atoms with E-state index in [1.54, 1.807) is 6.07 Å². The van der Waals surface area contributed by atoms with Crippen LogP contribution in [0.25, 0.3) is 16.9 Å². The van der Waals surface area contributed by atoms with Crippen LogP contribution in [0.15, 0.2) is 36.5 Å². The highest BCUT2D eigenvalue weighted by atomic mass is 35.5. The largest absolute Gasteiger partial charge is 0.384 e. The number of halogens is 1. The number of rotatable bonds is 2. The number of nitrogens with two attached hydrogens (primary N) is 1. The Labute approximate surface area is 113 Å². The number of hydrogen-bond donors (Lipinski definition) is 2. The lowest BCUT2D eigenvalue weighted by Gasteiger charge is -2.07. The maximum absolute atomic E-state index is 7.48. The summed E-state index contributed by atoms with van der Waals surface area (Å²) in [5.41, 5.74) is 7.43. The summed E-state index contributed by atoms with van der Waals surface area (Å²) in [4.78, 5) is 4.19. The fourth-order valence-electron chi connectivity index (χ4n) is 1.81. The normalized spacial score (nSPS) is 10.8. The highest BCUT2D eigenvalue weighted by molar-refractivity contribution is 6.35. The second kappa shape index (κ2) is 4.33. The van der Waals surface area contributed by atoms with Gasteiger partial charge in [-0.25, -0.2) is 4.98 Å². The standard InChI is InChI=1S/C12H9ClN6/c13-10-7(11(14)15)5-6-16-12(10)19-9-4-2-1-3-8(9)17-18-19/h1-6H,(H3,14,15). The van der Waals surface area contributed by atoms with Gasteiger partial charge >= 0.3 is 0 Å². The summed E-state index contributed by atoms with van der Waals surface area (Å²) >= 11 is 6.22. The Balaban J connectivity index is 2.28. The van der Waals surface area contributed by atoms with E-state index in [4.69, 9.17) is 22.7 Å². The molecule has 0 atom stereocenters. The van der Waals surface area contributed by atoms with Gasteiger partial charge in [-0.15, -0.1) is 5.10 Å². The van der Waals surface area contributed by atoms with Crippen LogP contribution >= 0.6 is 11.6 Å². The molecular formula is C12H9ClN6. The van der Waals surface area contributed by atoms with Gasteiger partial charge < -0.3 is 5.73 Å². The van der Waals surface area contributed by atoms with Gasteiger partial charge in [0, 0.05) is 11.8 Å². The lowest BCUT2D eigenvalue weighted by Crippen LogP contribution is -2.13. The van der Waals surface area contributed by atoms with E-state index in [1.807, 2.05) is 24.3 Å². The Morgan fingerprint density at radius 1 is 1.26 bits per heavy atom.